The molecule has 1 atom stereocenters. The molecule has 0 aromatic carbocycles. The Morgan fingerprint density at radius 1 is 0.917 bits per heavy atom. The number of aliphatic hydroxyl groups is 1. The number of rotatable bonds is 13. The van der Waals surface area contributed by atoms with Gasteiger partial charge in [-0.15, -0.1) is 0 Å². The van der Waals surface area contributed by atoms with Gasteiger partial charge in [-0.3, -0.25) is 4.90 Å². The zero-order chi connectivity index (χ0) is 18.0. The van der Waals surface area contributed by atoms with Crippen molar-refractivity contribution in [1.82, 2.24) is 4.90 Å². The smallest absolute Gasteiger partial charge is 0.382 e. The second-order valence-corrected chi connectivity index (χ2v) is 7.49. The van der Waals surface area contributed by atoms with Gasteiger partial charge in [-0.05, 0) is 11.8 Å². The van der Waals surface area contributed by atoms with Crippen molar-refractivity contribution in [2.24, 2.45) is 11.8 Å². The number of alkyl halides is 3. The molecule has 0 amide bonds. The van der Waals surface area contributed by atoms with E-state index >= 15 is 0 Å². The van der Waals surface area contributed by atoms with Crippen molar-refractivity contribution in [3.05, 3.63) is 0 Å². The van der Waals surface area contributed by atoms with Crippen molar-refractivity contribution in [2.75, 3.05) is 19.6 Å². The van der Waals surface area contributed by atoms with Crippen molar-refractivity contribution in [3.63, 3.8) is 0 Å². The van der Waals surface area contributed by atoms with E-state index in [0.29, 0.717) is 11.8 Å². The second kappa shape index (κ2) is 11.3. The number of hydrogen-bond acceptors (Lipinski definition) is 2. The van der Waals surface area contributed by atoms with Crippen molar-refractivity contribution in [3.8, 4) is 0 Å². The maximum absolute atomic E-state index is 12.4. The third-order valence-electron chi connectivity index (χ3n) is 5.32. The Bertz CT molecular complexity index is 304. The normalized spacial score (nSPS) is 18.1. The van der Waals surface area contributed by atoms with Gasteiger partial charge in [-0.1, -0.05) is 78.1 Å². The van der Waals surface area contributed by atoms with Crippen LogP contribution in [-0.2, 0) is 0 Å². The minimum Gasteiger partial charge on any atom is -0.382 e. The molecule has 0 bridgehead atoms. The maximum atomic E-state index is 12.4. The quantitative estimate of drug-likeness (QED) is 0.449. The number of likely N-dealkylation sites (tertiary alicyclic amines) is 1. The molecule has 1 saturated heterocycles. The lowest BCUT2D eigenvalue weighted by Crippen LogP contribution is -2.54. The van der Waals surface area contributed by atoms with Crippen LogP contribution in [0, 0.1) is 11.8 Å². The summed E-state index contributed by atoms with van der Waals surface area (Å²) in [5.74, 6) is 1.17. The highest BCUT2D eigenvalue weighted by atomic mass is 19.4. The molecule has 0 spiro atoms. The SMILES string of the molecule is CCCCCCC(CCCCCC)C1CN(C[C@H](O)C(F)(F)F)C1. The number of β-amino-alcohol motifs (C(OH)–C–C–N with tert-alkyl or cyclic N) is 1. The topological polar surface area (TPSA) is 23.5 Å². The first-order valence-electron chi connectivity index (χ1n) is 9.85. The highest BCUT2D eigenvalue weighted by Gasteiger charge is 2.42. The summed E-state index contributed by atoms with van der Waals surface area (Å²) in [6, 6.07) is 0. The van der Waals surface area contributed by atoms with Gasteiger partial charge in [0.25, 0.3) is 0 Å². The van der Waals surface area contributed by atoms with Crippen LogP contribution in [0.2, 0.25) is 0 Å². The van der Waals surface area contributed by atoms with Gasteiger partial charge in [0.15, 0.2) is 6.10 Å². The number of nitrogens with zero attached hydrogens (tertiary/aromatic N) is 1. The molecule has 0 aliphatic carbocycles. The summed E-state index contributed by atoms with van der Waals surface area (Å²) >= 11 is 0. The third kappa shape index (κ3) is 8.19. The standard InChI is InChI=1S/C19H36F3NO/c1-3-5-7-9-11-16(12-10-8-6-4-2)17-13-23(14-17)15-18(24)19(20,21)22/h16-18,24H,3-15H2,1-2H3/t18-/m0/s1. The molecule has 1 N–H and O–H groups in total. The lowest BCUT2D eigenvalue weighted by atomic mass is 9.79. The minimum absolute atomic E-state index is 0.265. The summed E-state index contributed by atoms with van der Waals surface area (Å²) in [6.45, 7) is 5.59. The molecule has 144 valence electrons. The van der Waals surface area contributed by atoms with E-state index in [1.807, 2.05) is 0 Å². The molecular formula is C19H36F3NO. The zero-order valence-corrected chi connectivity index (χ0v) is 15.5. The van der Waals surface area contributed by atoms with Crippen LogP contribution in [0.5, 0.6) is 0 Å². The summed E-state index contributed by atoms with van der Waals surface area (Å²) in [7, 11) is 0. The van der Waals surface area contributed by atoms with E-state index in [4.69, 9.17) is 0 Å². The Kier molecular flexibility index (Phi) is 10.3. The summed E-state index contributed by atoms with van der Waals surface area (Å²) in [5.41, 5.74) is 0. The summed E-state index contributed by atoms with van der Waals surface area (Å²) in [6.07, 6.45) is 5.77. The van der Waals surface area contributed by atoms with Gasteiger partial charge < -0.3 is 5.11 Å². The predicted octanol–water partition coefficient (Wildman–Crippen LogP) is 5.40. The van der Waals surface area contributed by atoms with Crippen molar-refractivity contribution in [1.29, 1.82) is 0 Å². The van der Waals surface area contributed by atoms with E-state index in [9.17, 15) is 18.3 Å². The molecule has 1 heterocycles. The Hall–Kier alpha value is -0.290. The van der Waals surface area contributed by atoms with Crippen LogP contribution in [0.15, 0.2) is 0 Å². The minimum atomic E-state index is -4.50. The van der Waals surface area contributed by atoms with Crippen LogP contribution in [0.1, 0.15) is 78.1 Å². The molecule has 2 nitrogen and oxygen atoms in total. The Labute approximate surface area is 145 Å². The molecule has 0 aromatic rings. The Morgan fingerprint density at radius 3 is 1.83 bits per heavy atom. The molecule has 1 aliphatic rings. The van der Waals surface area contributed by atoms with E-state index in [1.165, 1.54) is 64.2 Å². The fourth-order valence-electron chi connectivity index (χ4n) is 3.69. The van der Waals surface area contributed by atoms with Gasteiger partial charge in [-0.25, -0.2) is 0 Å². The van der Waals surface area contributed by atoms with Crippen LogP contribution >= 0.6 is 0 Å². The monoisotopic (exact) mass is 351 g/mol. The second-order valence-electron chi connectivity index (χ2n) is 7.49. The van der Waals surface area contributed by atoms with E-state index < -0.39 is 12.3 Å². The average molecular weight is 351 g/mol. The van der Waals surface area contributed by atoms with Crippen molar-refractivity contribution < 1.29 is 18.3 Å². The Morgan fingerprint density at radius 2 is 1.42 bits per heavy atom. The zero-order valence-electron chi connectivity index (χ0n) is 15.5. The maximum Gasteiger partial charge on any atom is 0.415 e. The first-order valence-corrected chi connectivity index (χ1v) is 9.85. The first-order chi connectivity index (χ1) is 11.4. The lowest BCUT2D eigenvalue weighted by Gasteiger charge is -2.44. The van der Waals surface area contributed by atoms with Gasteiger partial charge in [0, 0.05) is 19.6 Å². The van der Waals surface area contributed by atoms with Crippen LogP contribution < -0.4 is 0 Å². The largest absolute Gasteiger partial charge is 0.415 e. The molecule has 0 unspecified atom stereocenters. The van der Waals surface area contributed by atoms with Crippen LogP contribution in [0.3, 0.4) is 0 Å². The summed E-state index contributed by atoms with van der Waals surface area (Å²) in [4.78, 5) is 1.76. The molecule has 0 aromatic heterocycles. The molecule has 0 radical (unpaired) electrons. The molecule has 1 rings (SSSR count). The molecule has 1 aliphatic heterocycles. The number of halogens is 3. The van der Waals surface area contributed by atoms with Gasteiger partial charge in [0.2, 0.25) is 0 Å². The average Bonchev–Trinajstić information content (AvgIpc) is 2.48. The van der Waals surface area contributed by atoms with E-state index in [1.54, 1.807) is 4.90 Å². The van der Waals surface area contributed by atoms with Crippen LogP contribution in [-0.4, -0.2) is 41.9 Å². The van der Waals surface area contributed by atoms with Crippen molar-refractivity contribution in [2.45, 2.75) is 90.3 Å². The van der Waals surface area contributed by atoms with E-state index in [2.05, 4.69) is 13.8 Å². The van der Waals surface area contributed by atoms with E-state index in [0.717, 1.165) is 13.1 Å². The molecule has 0 saturated carbocycles. The number of unbranched alkanes of at least 4 members (excludes halogenated alkanes) is 6. The third-order valence-corrected chi connectivity index (χ3v) is 5.32. The number of aliphatic hydroxyl groups excluding tert-OH is 1. The highest BCUT2D eigenvalue weighted by molar-refractivity contribution is 4.87. The molecule has 5 heteroatoms. The Balaban J connectivity index is 2.33. The predicted molar refractivity (Wildman–Crippen MR) is 93.0 cm³/mol. The van der Waals surface area contributed by atoms with Gasteiger partial charge >= 0.3 is 6.18 Å². The van der Waals surface area contributed by atoms with E-state index in [-0.39, 0.29) is 6.54 Å². The fourth-order valence-corrected chi connectivity index (χ4v) is 3.69. The fraction of sp³-hybridized carbons (Fsp3) is 1.00. The molecular weight excluding hydrogens is 315 g/mol. The van der Waals surface area contributed by atoms with Crippen LogP contribution in [0.25, 0.3) is 0 Å². The summed E-state index contributed by atoms with van der Waals surface area (Å²) < 4.78 is 37.3. The van der Waals surface area contributed by atoms with Crippen molar-refractivity contribution >= 4 is 0 Å². The first kappa shape index (κ1) is 21.8. The molecule has 1 fully saturated rings. The van der Waals surface area contributed by atoms with Gasteiger partial charge in [0.1, 0.15) is 0 Å². The molecule has 24 heavy (non-hydrogen) atoms. The van der Waals surface area contributed by atoms with Gasteiger partial charge in [0.05, 0.1) is 0 Å². The summed E-state index contributed by atoms with van der Waals surface area (Å²) in [5, 5.41) is 9.18. The highest BCUT2D eigenvalue weighted by Crippen LogP contribution is 2.33. The lowest BCUT2D eigenvalue weighted by molar-refractivity contribution is -0.212. The van der Waals surface area contributed by atoms with Gasteiger partial charge in [-0.2, -0.15) is 13.2 Å². The number of hydrogen-bond donors (Lipinski definition) is 1. The van der Waals surface area contributed by atoms with Crippen LogP contribution in [0.4, 0.5) is 13.2 Å².